The van der Waals surface area contributed by atoms with E-state index in [-0.39, 0.29) is 25.0 Å². The standard InChI is InChI=1S/C33H45N5O8/c1-19(2)27(39)29(41)35-21(4)30(42)38-15-7-8-25(37-38)28(40)34-20(3)24-12-11-23-10-9-22(16-26(23)36-24)13-14-33(31(43)44)18-45-32(5,6)17-46-33/h9-14,16,19-21,25,27,37,39H,7-8,15,17-18H2,1-6H3,(H,34,40)(H,35,41)(H,43,44). The molecule has 0 radical (unpaired) electrons. The number of hydrogen-bond acceptors (Lipinski definition) is 9. The van der Waals surface area contributed by atoms with E-state index in [1.54, 1.807) is 19.9 Å². The molecule has 0 saturated carbocycles. The number of amides is 3. The topological polar surface area (TPSA) is 179 Å². The average molecular weight is 640 g/mol. The van der Waals surface area contributed by atoms with Crippen LogP contribution >= 0.6 is 0 Å². The Bertz CT molecular complexity index is 1480. The average Bonchev–Trinajstić information content (AvgIpc) is 3.03. The molecule has 1 aromatic heterocycles. The first-order chi connectivity index (χ1) is 21.6. The number of carbonyl (C=O) groups is 4. The summed E-state index contributed by atoms with van der Waals surface area (Å²) in [6, 6.07) is 7.30. The van der Waals surface area contributed by atoms with Crippen LogP contribution in [0.4, 0.5) is 0 Å². The summed E-state index contributed by atoms with van der Waals surface area (Å²) in [4.78, 5) is 55.2. The number of pyridine rings is 1. The highest BCUT2D eigenvalue weighted by Crippen LogP contribution is 2.28. The second-order valence-corrected chi connectivity index (χ2v) is 13.0. The van der Waals surface area contributed by atoms with Gasteiger partial charge in [-0.1, -0.05) is 38.1 Å². The van der Waals surface area contributed by atoms with Gasteiger partial charge in [-0.3, -0.25) is 24.4 Å². The van der Waals surface area contributed by atoms with Crippen molar-refractivity contribution in [2.24, 2.45) is 5.92 Å². The van der Waals surface area contributed by atoms with Crippen LogP contribution in [0, 0.1) is 5.92 Å². The summed E-state index contributed by atoms with van der Waals surface area (Å²) in [7, 11) is 0. The fraction of sp³-hybridized carbons (Fsp3) is 0.545. The molecular weight excluding hydrogens is 594 g/mol. The maximum absolute atomic E-state index is 13.2. The number of aromatic nitrogens is 1. The molecule has 4 rings (SSSR count). The van der Waals surface area contributed by atoms with Crippen LogP contribution in [0.15, 0.2) is 36.4 Å². The number of nitrogens with one attached hydrogen (secondary N) is 3. The molecule has 1 aromatic carbocycles. The third-order valence-electron chi connectivity index (χ3n) is 8.20. The summed E-state index contributed by atoms with van der Waals surface area (Å²) >= 11 is 0. The van der Waals surface area contributed by atoms with Crippen molar-refractivity contribution in [3.8, 4) is 0 Å². The molecule has 2 fully saturated rings. The summed E-state index contributed by atoms with van der Waals surface area (Å²) in [5, 5.41) is 27.5. The number of benzene rings is 1. The lowest BCUT2D eigenvalue weighted by Gasteiger charge is -2.39. The highest BCUT2D eigenvalue weighted by molar-refractivity contribution is 5.90. The SMILES string of the molecule is CC(NC(=O)C(O)C(C)C)C(=O)N1CCCC(C(=O)NC(C)c2ccc3ccc(C=CC4(C(=O)O)COC(C)(C)CO4)cc3n2)N1. The number of hydrogen-bond donors (Lipinski definition) is 5. The van der Waals surface area contributed by atoms with E-state index in [0.29, 0.717) is 30.6 Å². The molecule has 13 heteroatoms. The molecule has 0 spiro atoms. The number of fused-ring (bicyclic) bond motifs is 1. The van der Waals surface area contributed by atoms with Gasteiger partial charge in [0.1, 0.15) is 18.2 Å². The van der Waals surface area contributed by atoms with E-state index < -0.39 is 53.2 Å². The van der Waals surface area contributed by atoms with Gasteiger partial charge in [0.05, 0.1) is 36.1 Å². The summed E-state index contributed by atoms with van der Waals surface area (Å²) < 4.78 is 11.5. The van der Waals surface area contributed by atoms with Crippen molar-refractivity contribution in [2.75, 3.05) is 19.8 Å². The van der Waals surface area contributed by atoms with Crippen LogP contribution in [0.2, 0.25) is 0 Å². The molecule has 0 aliphatic carbocycles. The first kappa shape index (κ1) is 35.0. The zero-order chi connectivity index (χ0) is 33.8. The predicted molar refractivity (Wildman–Crippen MR) is 170 cm³/mol. The minimum absolute atomic E-state index is 0.112. The van der Waals surface area contributed by atoms with Crippen molar-refractivity contribution in [1.29, 1.82) is 0 Å². The molecule has 2 aromatic rings. The monoisotopic (exact) mass is 639 g/mol. The number of rotatable bonds is 10. The molecule has 2 aliphatic rings. The normalized spacial score (nSPS) is 23.6. The van der Waals surface area contributed by atoms with E-state index in [1.807, 2.05) is 51.1 Å². The Morgan fingerprint density at radius 3 is 2.43 bits per heavy atom. The molecule has 5 N–H and O–H groups in total. The van der Waals surface area contributed by atoms with Gasteiger partial charge in [-0.15, -0.1) is 0 Å². The molecule has 2 aliphatic heterocycles. The van der Waals surface area contributed by atoms with Crippen LogP contribution < -0.4 is 16.1 Å². The lowest BCUT2D eigenvalue weighted by molar-refractivity contribution is -0.216. The van der Waals surface area contributed by atoms with Gasteiger partial charge in [-0.05, 0) is 70.2 Å². The Morgan fingerprint density at radius 2 is 1.78 bits per heavy atom. The fourth-order valence-corrected chi connectivity index (χ4v) is 5.12. The van der Waals surface area contributed by atoms with Crippen LogP contribution in [0.1, 0.15) is 71.7 Å². The number of carbonyl (C=O) groups excluding carboxylic acids is 3. The van der Waals surface area contributed by atoms with Gasteiger partial charge in [-0.2, -0.15) is 0 Å². The third-order valence-corrected chi connectivity index (χ3v) is 8.20. The summed E-state index contributed by atoms with van der Waals surface area (Å²) in [5.74, 6) is -2.75. The number of ether oxygens (including phenoxy) is 2. The smallest absolute Gasteiger partial charge is 0.342 e. The first-order valence-electron chi connectivity index (χ1n) is 15.6. The van der Waals surface area contributed by atoms with Gasteiger partial charge < -0.3 is 30.3 Å². The molecule has 3 heterocycles. The minimum atomic E-state index is -1.59. The van der Waals surface area contributed by atoms with Crippen LogP contribution in [0.5, 0.6) is 0 Å². The predicted octanol–water partition coefficient (Wildman–Crippen LogP) is 2.09. The third kappa shape index (κ3) is 8.27. The molecule has 46 heavy (non-hydrogen) atoms. The fourth-order valence-electron chi connectivity index (χ4n) is 5.12. The molecule has 2 saturated heterocycles. The van der Waals surface area contributed by atoms with Gasteiger partial charge in [0.15, 0.2) is 0 Å². The number of hydrazine groups is 1. The van der Waals surface area contributed by atoms with Gasteiger partial charge in [0.25, 0.3) is 5.91 Å². The van der Waals surface area contributed by atoms with E-state index in [2.05, 4.69) is 16.1 Å². The summed E-state index contributed by atoms with van der Waals surface area (Å²) in [5.41, 5.74) is 2.84. The van der Waals surface area contributed by atoms with E-state index in [4.69, 9.17) is 14.5 Å². The largest absolute Gasteiger partial charge is 0.479 e. The van der Waals surface area contributed by atoms with Crippen LogP contribution in [-0.2, 0) is 28.7 Å². The zero-order valence-electron chi connectivity index (χ0n) is 27.2. The quantitative estimate of drug-likeness (QED) is 0.258. The van der Waals surface area contributed by atoms with Gasteiger partial charge >= 0.3 is 5.97 Å². The molecule has 5 atom stereocenters. The maximum Gasteiger partial charge on any atom is 0.342 e. The van der Waals surface area contributed by atoms with Crippen LogP contribution in [-0.4, -0.2) is 93.0 Å². The number of aliphatic carboxylic acids is 1. The highest BCUT2D eigenvalue weighted by Gasteiger charge is 2.44. The molecule has 5 unspecified atom stereocenters. The number of aliphatic hydroxyl groups excluding tert-OH is 1. The number of carboxylic acid groups (broad SMARTS) is 1. The molecule has 250 valence electrons. The van der Waals surface area contributed by atoms with E-state index >= 15 is 0 Å². The van der Waals surface area contributed by atoms with Gasteiger partial charge in [0.2, 0.25) is 17.4 Å². The van der Waals surface area contributed by atoms with E-state index in [1.165, 1.54) is 18.0 Å². The summed E-state index contributed by atoms with van der Waals surface area (Å²) in [6.07, 6.45) is 3.05. The maximum atomic E-state index is 13.2. The lowest BCUT2D eigenvalue weighted by Crippen LogP contribution is -2.61. The van der Waals surface area contributed by atoms with Crippen molar-refractivity contribution < 1.29 is 38.9 Å². The zero-order valence-corrected chi connectivity index (χ0v) is 27.2. The second-order valence-electron chi connectivity index (χ2n) is 13.0. The van der Waals surface area contributed by atoms with Crippen molar-refractivity contribution in [1.82, 2.24) is 26.1 Å². The van der Waals surface area contributed by atoms with Crippen LogP contribution in [0.25, 0.3) is 17.0 Å². The molecular formula is C33H45N5O8. The minimum Gasteiger partial charge on any atom is -0.479 e. The number of nitrogens with zero attached hydrogens (tertiary/aromatic N) is 2. The lowest BCUT2D eigenvalue weighted by atomic mass is 9.99. The first-order valence-corrected chi connectivity index (χ1v) is 15.6. The van der Waals surface area contributed by atoms with Crippen molar-refractivity contribution in [3.63, 3.8) is 0 Å². The van der Waals surface area contributed by atoms with Gasteiger partial charge in [0, 0.05) is 11.9 Å². The molecule has 3 amide bonds. The van der Waals surface area contributed by atoms with Crippen molar-refractivity contribution >= 4 is 40.7 Å². The Balaban J connectivity index is 1.39. The van der Waals surface area contributed by atoms with Gasteiger partial charge in [-0.25, -0.2) is 10.2 Å². The Labute approximate surface area is 268 Å². The van der Waals surface area contributed by atoms with Crippen molar-refractivity contribution in [3.05, 3.63) is 47.7 Å². The Kier molecular flexibility index (Phi) is 10.8. The van der Waals surface area contributed by atoms with Crippen LogP contribution in [0.3, 0.4) is 0 Å². The van der Waals surface area contributed by atoms with E-state index in [0.717, 1.165) is 10.9 Å². The number of carboxylic acids is 1. The Hall–Kier alpha value is -3.91. The summed E-state index contributed by atoms with van der Waals surface area (Å²) in [6.45, 7) is 10.8. The van der Waals surface area contributed by atoms with Crippen molar-refractivity contribution in [2.45, 2.75) is 89.8 Å². The number of aliphatic hydroxyl groups is 1. The molecule has 0 bridgehead atoms. The molecule has 13 nitrogen and oxygen atoms in total. The Morgan fingerprint density at radius 1 is 1.07 bits per heavy atom. The highest BCUT2D eigenvalue weighted by atomic mass is 16.6. The van der Waals surface area contributed by atoms with E-state index in [9.17, 15) is 29.4 Å². The second kappa shape index (κ2) is 14.2.